The lowest BCUT2D eigenvalue weighted by Gasteiger charge is -2.02. The van der Waals surface area contributed by atoms with E-state index >= 15 is 0 Å². The number of unbranched alkanes of at least 4 members (excludes halogenated alkanes) is 4. The van der Waals surface area contributed by atoms with E-state index in [0.717, 1.165) is 26.2 Å². The van der Waals surface area contributed by atoms with Crippen LogP contribution in [0.1, 0.15) is 45.4 Å². The Morgan fingerprint density at radius 1 is 0.917 bits per heavy atom. The SMILES string of the molecule is CCCCCOCCCCCN. The van der Waals surface area contributed by atoms with Crippen LogP contribution in [0.4, 0.5) is 0 Å². The van der Waals surface area contributed by atoms with Gasteiger partial charge in [-0.05, 0) is 32.2 Å². The van der Waals surface area contributed by atoms with Gasteiger partial charge in [-0.25, -0.2) is 0 Å². The molecule has 0 unspecified atom stereocenters. The summed E-state index contributed by atoms with van der Waals surface area (Å²) in [6, 6.07) is 0. The van der Waals surface area contributed by atoms with Gasteiger partial charge in [0.15, 0.2) is 0 Å². The minimum Gasteiger partial charge on any atom is -0.381 e. The van der Waals surface area contributed by atoms with Crippen molar-refractivity contribution in [2.75, 3.05) is 19.8 Å². The maximum absolute atomic E-state index is 5.44. The number of hydrogen-bond donors (Lipinski definition) is 1. The molecule has 0 atom stereocenters. The van der Waals surface area contributed by atoms with E-state index in [-0.39, 0.29) is 0 Å². The van der Waals surface area contributed by atoms with Crippen molar-refractivity contribution < 1.29 is 4.74 Å². The Labute approximate surface area is 76.5 Å². The van der Waals surface area contributed by atoms with Gasteiger partial charge in [-0.15, -0.1) is 0 Å². The van der Waals surface area contributed by atoms with Crippen LogP contribution in [0, 0.1) is 0 Å². The van der Waals surface area contributed by atoms with Crippen LogP contribution in [-0.2, 0) is 4.74 Å². The van der Waals surface area contributed by atoms with E-state index in [1.807, 2.05) is 0 Å². The van der Waals surface area contributed by atoms with E-state index in [2.05, 4.69) is 6.92 Å². The van der Waals surface area contributed by atoms with Crippen molar-refractivity contribution in [1.29, 1.82) is 0 Å². The second-order valence-corrected chi connectivity index (χ2v) is 3.17. The maximum atomic E-state index is 5.44. The fraction of sp³-hybridized carbons (Fsp3) is 1.00. The van der Waals surface area contributed by atoms with Gasteiger partial charge in [0.2, 0.25) is 0 Å². The lowest BCUT2D eigenvalue weighted by Crippen LogP contribution is -2.00. The van der Waals surface area contributed by atoms with Gasteiger partial charge < -0.3 is 10.5 Å². The van der Waals surface area contributed by atoms with Crippen LogP contribution in [0.25, 0.3) is 0 Å². The van der Waals surface area contributed by atoms with Crippen LogP contribution in [0.5, 0.6) is 0 Å². The summed E-state index contributed by atoms with van der Waals surface area (Å²) in [5, 5.41) is 0. The lowest BCUT2D eigenvalue weighted by molar-refractivity contribution is 0.126. The standard InChI is InChI=1S/C10H23NO/c1-2-3-6-9-12-10-7-4-5-8-11/h2-11H2,1H3. The van der Waals surface area contributed by atoms with Gasteiger partial charge in [0, 0.05) is 13.2 Å². The van der Waals surface area contributed by atoms with Crippen molar-refractivity contribution >= 4 is 0 Å². The van der Waals surface area contributed by atoms with Gasteiger partial charge in [-0.3, -0.25) is 0 Å². The monoisotopic (exact) mass is 173 g/mol. The van der Waals surface area contributed by atoms with E-state index in [0.29, 0.717) is 0 Å². The first-order valence-corrected chi connectivity index (χ1v) is 5.19. The summed E-state index contributed by atoms with van der Waals surface area (Å²) in [6.45, 7) is 4.89. The molecular formula is C10H23NO. The number of hydrogen-bond acceptors (Lipinski definition) is 2. The smallest absolute Gasteiger partial charge is 0.0466 e. The quantitative estimate of drug-likeness (QED) is 0.543. The molecule has 2 N–H and O–H groups in total. The molecule has 0 aromatic carbocycles. The van der Waals surface area contributed by atoms with Crippen LogP contribution >= 0.6 is 0 Å². The normalized spacial score (nSPS) is 10.5. The molecule has 12 heavy (non-hydrogen) atoms. The van der Waals surface area contributed by atoms with Crippen LogP contribution in [0.2, 0.25) is 0 Å². The topological polar surface area (TPSA) is 35.2 Å². The largest absolute Gasteiger partial charge is 0.381 e. The predicted molar refractivity (Wildman–Crippen MR) is 53.2 cm³/mol. The fourth-order valence-electron chi connectivity index (χ4n) is 1.08. The van der Waals surface area contributed by atoms with Crippen LogP contribution in [0.3, 0.4) is 0 Å². The molecule has 0 aromatic heterocycles. The zero-order valence-corrected chi connectivity index (χ0v) is 8.35. The first-order valence-electron chi connectivity index (χ1n) is 5.19. The highest BCUT2D eigenvalue weighted by Gasteiger charge is 1.89. The number of nitrogens with two attached hydrogens (primary N) is 1. The average Bonchev–Trinajstić information content (AvgIpc) is 2.10. The molecule has 2 nitrogen and oxygen atoms in total. The van der Waals surface area contributed by atoms with Crippen molar-refractivity contribution in [3.8, 4) is 0 Å². The van der Waals surface area contributed by atoms with Gasteiger partial charge in [0.05, 0.1) is 0 Å². The van der Waals surface area contributed by atoms with E-state index in [1.54, 1.807) is 0 Å². The van der Waals surface area contributed by atoms with Crippen LogP contribution in [-0.4, -0.2) is 19.8 Å². The zero-order chi connectivity index (χ0) is 9.07. The molecular weight excluding hydrogens is 150 g/mol. The van der Waals surface area contributed by atoms with E-state index in [9.17, 15) is 0 Å². The Hall–Kier alpha value is -0.0800. The molecule has 0 radical (unpaired) electrons. The Bertz CT molecular complexity index is 66.2. The number of rotatable bonds is 9. The molecule has 0 aromatic rings. The molecule has 0 amide bonds. The van der Waals surface area contributed by atoms with E-state index in [1.165, 1.54) is 32.1 Å². The molecule has 0 aliphatic carbocycles. The highest BCUT2D eigenvalue weighted by molar-refractivity contribution is 4.42. The molecule has 74 valence electrons. The first kappa shape index (κ1) is 11.9. The van der Waals surface area contributed by atoms with E-state index < -0.39 is 0 Å². The Morgan fingerprint density at radius 2 is 1.58 bits per heavy atom. The predicted octanol–water partition coefficient (Wildman–Crippen LogP) is 2.32. The minimum absolute atomic E-state index is 0.815. The summed E-state index contributed by atoms with van der Waals surface area (Å²) in [6.07, 6.45) is 7.30. The third-order valence-corrected chi connectivity index (χ3v) is 1.89. The van der Waals surface area contributed by atoms with Gasteiger partial charge in [-0.2, -0.15) is 0 Å². The van der Waals surface area contributed by atoms with Crippen LogP contribution in [0.15, 0.2) is 0 Å². The second-order valence-electron chi connectivity index (χ2n) is 3.17. The van der Waals surface area contributed by atoms with E-state index in [4.69, 9.17) is 10.5 Å². The third kappa shape index (κ3) is 9.92. The van der Waals surface area contributed by atoms with Gasteiger partial charge >= 0.3 is 0 Å². The summed E-state index contributed by atoms with van der Waals surface area (Å²) < 4.78 is 5.44. The molecule has 0 bridgehead atoms. The van der Waals surface area contributed by atoms with Crippen molar-refractivity contribution in [2.24, 2.45) is 5.73 Å². The highest BCUT2D eigenvalue weighted by atomic mass is 16.5. The molecule has 0 spiro atoms. The Kier molecular flexibility index (Phi) is 10.8. The second kappa shape index (κ2) is 10.9. The summed E-state index contributed by atoms with van der Waals surface area (Å²) in [5.41, 5.74) is 5.37. The van der Waals surface area contributed by atoms with Crippen molar-refractivity contribution in [3.05, 3.63) is 0 Å². The summed E-state index contributed by atoms with van der Waals surface area (Å²) >= 11 is 0. The van der Waals surface area contributed by atoms with Gasteiger partial charge in [0.25, 0.3) is 0 Å². The molecule has 0 saturated carbocycles. The third-order valence-electron chi connectivity index (χ3n) is 1.89. The van der Waals surface area contributed by atoms with Gasteiger partial charge in [-0.1, -0.05) is 19.8 Å². The zero-order valence-electron chi connectivity index (χ0n) is 8.35. The first-order chi connectivity index (χ1) is 5.91. The highest BCUT2D eigenvalue weighted by Crippen LogP contribution is 1.97. The lowest BCUT2D eigenvalue weighted by atomic mass is 10.2. The average molecular weight is 173 g/mol. The Balaban J connectivity index is 2.73. The molecule has 2 heteroatoms. The molecule has 0 aliphatic rings. The van der Waals surface area contributed by atoms with Gasteiger partial charge in [0.1, 0.15) is 0 Å². The summed E-state index contributed by atoms with van der Waals surface area (Å²) in [4.78, 5) is 0. The molecule has 0 heterocycles. The molecule has 0 aliphatic heterocycles. The fourth-order valence-corrected chi connectivity index (χ4v) is 1.08. The maximum Gasteiger partial charge on any atom is 0.0466 e. The van der Waals surface area contributed by atoms with Crippen LogP contribution < -0.4 is 5.73 Å². The molecule has 0 fully saturated rings. The minimum atomic E-state index is 0.815. The summed E-state index contributed by atoms with van der Waals surface area (Å²) in [5.74, 6) is 0. The number of ether oxygens (including phenoxy) is 1. The van der Waals surface area contributed by atoms with Crippen molar-refractivity contribution in [3.63, 3.8) is 0 Å². The van der Waals surface area contributed by atoms with Crippen molar-refractivity contribution in [2.45, 2.75) is 45.4 Å². The molecule has 0 rings (SSSR count). The molecule has 0 saturated heterocycles. The van der Waals surface area contributed by atoms with Crippen molar-refractivity contribution in [1.82, 2.24) is 0 Å². The Morgan fingerprint density at radius 3 is 2.17 bits per heavy atom. The summed E-state index contributed by atoms with van der Waals surface area (Å²) in [7, 11) is 0.